The van der Waals surface area contributed by atoms with Crippen LogP contribution in [0.15, 0.2) is 24.3 Å². The number of hydrogen-bond acceptors (Lipinski definition) is 2. The number of nitrogens with zero attached hydrogens (tertiary/aromatic N) is 1. The highest BCUT2D eigenvalue weighted by atomic mass is 19.1. The quantitative estimate of drug-likeness (QED) is 0.785. The fraction of sp³-hybridized carbons (Fsp3) is 0.588. The highest BCUT2D eigenvalue weighted by Gasteiger charge is 2.37. The topological polar surface area (TPSA) is 20.3 Å². The number of piperidine rings is 1. The molecule has 1 saturated heterocycles. The molecule has 0 atom stereocenters. The Morgan fingerprint density at radius 2 is 1.75 bits per heavy atom. The second-order valence-corrected chi connectivity index (χ2v) is 6.39. The van der Waals surface area contributed by atoms with E-state index in [0.29, 0.717) is 12.0 Å². The first-order chi connectivity index (χ1) is 9.69. The van der Waals surface area contributed by atoms with Crippen LogP contribution >= 0.6 is 0 Å². The summed E-state index contributed by atoms with van der Waals surface area (Å²) in [6.07, 6.45) is 7.88. The number of carbonyl (C=O) groups excluding carboxylic acids is 1. The number of hydrogen-bond donors (Lipinski definition) is 0. The van der Waals surface area contributed by atoms with Gasteiger partial charge in [-0.1, -0.05) is 25.0 Å². The summed E-state index contributed by atoms with van der Waals surface area (Å²) < 4.78 is 13.6. The lowest BCUT2D eigenvalue weighted by Crippen LogP contribution is -2.41. The summed E-state index contributed by atoms with van der Waals surface area (Å²) in [5, 5.41) is 0. The Hall–Kier alpha value is -1.22. The van der Waals surface area contributed by atoms with Gasteiger partial charge in [0.15, 0.2) is 5.78 Å². The molecule has 1 spiro atoms. The normalized spacial score (nSPS) is 22.2. The second-order valence-electron chi connectivity index (χ2n) is 6.39. The van der Waals surface area contributed by atoms with Crippen molar-refractivity contribution in [1.82, 2.24) is 4.90 Å². The maximum absolute atomic E-state index is 13.6. The molecule has 1 aliphatic heterocycles. The highest BCUT2D eigenvalue weighted by molar-refractivity contribution is 5.97. The van der Waals surface area contributed by atoms with Crippen LogP contribution < -0.4 is 0 Å². The number of carbonyl (C=O) groups is 1. The number of benzene rings is 1. The van der Waals surface area contributed by atoms with Crippen LogP contribution in [0, 0.1) is 11.2 Å². The van der Waals surface area contributed by atoms with E-state index in [-0.39, 0.29) is 11.3 Å². The first-order valence-electron chi connectivity index (χ1n) is 7.69. The molecule has 3 rings (SSSR count). The molecule has 1 aliphatic carbocycles. The van der Waals surface area contributed by atoms with Crippen LogP contribution in [0.4, 0.5) is 4.39 Å². The maximum Gasteiger partial charge on any atom is 0.179 e. The predicted octanol–water partition coefficient (Wildman–Crippen LogP) is 3.66. The van der Waals surface area contributed by atoms with Gasteiger partial charge >= 0.3 is 0 Å². The van der Waals surface area contributed by atoms with Gasteiger partial charge in [-0.15, -0.1) is 0 Å². The summed E-state index contributed by atoms with van der Waals surface area (Å²) in [5.74, 6) is -0.493. The second kappa shape index (κ2) is 5.65. The van der Waals surface area contributed by atoms with E-state index in [1.165, 1.54) is 44.6 Å². The fourth-order valence-corrected chi connectivity index (χ4v) is 3.79. The van der Waals surface area contributed by atoms with Crippen LogP contribution in [-0.2, 0) is 0 Å². The average Bonchev–Trinajstić information content (AvgIpc) is 2.90. The molecule has 108 valence electrons. The van der Waals surface area contributed by atoms with Gasteiger partial charge in [0.2, 0.25) is 0 Å². The zero-order chi connectivity index (χ0) is 14.0. The molecule has 1 saturated carbocycles. The van der Waals surface area contributed by atoms with Gasteiger partial charge in [0.05, 0.1) is 12.1 Å². The van der Waals surface area contributed by atoms with Crippen molar-refractivity contribution in [3.05, 3.63) is 35.6 Å². The summed E-state index contributed by atoms with van der Waals surface area (Å²) in [6, 6.07) is 6.29. The van der Waals surface area contributed by atoms with Gasteiger partial charge in [-0.3, -0.25) is 9.69 Å². The van der Waals surface area contributed by atoms with E-state index in [0.717, 1.165) is 13.1 Å². The van der Waals surface area contributed by atoms with Gasteiger partial charge < -0.3 is 0 Å². The van der Waals surface area contributed by atoms with E-state index < -0.39 is 5.82 Å². The van der Waals surface area contributed by atoms with Crippen molar-refractivity contribution in [2.24, 2.45) is 5.41 Å². The molecule has 0 bridgehead atoms. The standard InChI is InChI=1S/C17H22FNO/c18-15-6-2-1-5-14(15)16(20)13-19-11-9-17(10-12-19)7-3-4-8-17/h1-2,5-6H,3-4,7-13H2. The van der Waals surface area contributed by atoms with Crippen LogP contribution in [0.1, 0.15) is 48.9 Å². The highest BCUT2D eigenvalue weighted by Crippen LogP contribution is 2.46. The molecule has 0 aromatic heterocycles. The lowest BCUT2D eigenvalue weighted by Gasteiger charge is -2.39. The molecule has 1 aromatic rings. The van der Waals surface area contributed by atoms with E-state index >= 15 is 0 Å². The summed E-state index contributed by atoms with van der Waals surface area (Å²) in [5.41, 5.74) is 0.797. The number of Topliss-reactive ketones (excluding diaryl/α,β-unsaturated/α-hetero) is 1. The Morgan fingerprint density at radius 3 is 2.40 bits per heavy atom. The Bertz CT molecular complexity index is 484. The van der Waals surface area contributed by atoms with Gasteiger partial charge in [-0.25, -0.2) is 4.39 Å². The summed E-state index contributed by atoms with van der Waals surface area (Å²) in [6.45, 7) is 2.33. The van der Waals surface area contributed by atoms with Crippen LogP contribution in [0.5, 0.6) is 0 Å². The third-order valence-electron chi connectivity index (χ3n) is 5.12. The number of ketones is 1. The molecular formula is C17H22FNO. The van der Waals surface area contributed by atoms with Crippen molar-refractivity contribution in [2.45, 2.75) is 38.5 Å². The van der Waals surface area contributed by atoms with E-state index in [2.05, 4.69) is 4.90 Å². The summed E-state index contributed by atoms with van der Waals surface area (Å²) in [4.78, 5) is 14.4. The zero-order valence-electron chi connectivity index (χ0n) is 11.9. The van der Waals surface area contributed by atoms with E-state index in [9.17, 15) is 9.18 Å². The number of likely N-dealkylation sites (tertiary alicyclic amines) is 1. The van der Waals surface area contributed by atoms with Gasteiger partial charge in [0, 0.05) is 0 Å². The molecule has 2 nitrogen and oxygen atoms in total. The minimum absolute atomic E-state index is 0.0922. The smallest absolute Gasteiger partial charge is 0.179 e. The Labute approximate surface area is 120 Å². The van der Waals surface area contributed by atoms with Crippen LogP contribution in [-0.4, -0.2) is 30.3 Å². The maximum atomic E-state index is 13.6. The van der Waals surface area contributed by atoms with Crippen molar-refractivity contribution in [2.75, 3.05) is 19.6 Å². The first kappa shape index (κ1) is 13.7. The minimum atomic E-state index is -0.401. The van der Waals surface area contributed by atoms with Crippen molar-refractivity contribution >= 4 is 5.78 Å². The molecule has 0 N–H and O–H groups in total. The molecule has 0 amide bonds. The lowest BCUT2D eigenvalue weighted by molar-refractivity contribution is 0.0794. The molecular weight excluding hydrogens is 253 g/mol. The van der Waals surface area contributed by atoms with E-state index in [4.69, 9.17) is 0 Å². The molecule has 2 aliphatic rings. The summed E-state index contributed by atoms with van der Waals surface area (Å²) in [7, 11) is 0. The van der Waals surface area contributed by atoms with Gasteiger partial charge in [0.25, 0.3) is 0 Å². The predicted molar refractivity (Wildman–Crippen MR) is 77.3 cm³/mol. The van der Waals surface area contributed by atoms with Crippen molar-refractivity contribution < 1.29 is 9.18 Å². The van der Waals surface area contributed by atoms with Gasteiger partial charge in [0.1, 0.15) is 5.82 Å². The van der Waals surface area contributed by atoms with Crippen molar-refractivity contribution in [1.29, 1.82) is 0 Å². The Balaban J connectivity index is 1.57. The van der Waals surface area contributed by atoms with Crippen molar-refractivity contribution in [3.8, 4) is 0 Å². The minimum Gasteiger partial charge on any atom is -0.296 e. The number of halogens is 1. The summed E-state index contributed by atoms with van der Waals surface area (Å²) >= 11 is 0. The zero-order valence-corrected chi connectivity index (χ0v) is 11.9. The molecule has 1 aromatic carbocycles. The van der Waals surface area contributed by atoms with Crippen LogP contribution in [0.3, 0.4) is 0 Å². The van der Waals surface area contributed by atoms with Gasteiger partial charge in [-0.2, -0.15) is 0 Å². The van der Waals surface area contributed by atoms with Gasteiger partial charge in [-0.05, 0) is 56.3 Å². The molecule has 20 heavy (non-hydrogen) atoms. The Kier molecular flexibility index (Phi) is 3.88. The molecule has 2 fully saturated rings. The third kappa shape index (κ3) is 2.78. The van der Waals surface area contributed by atoms with Crippen molar-refractivity contribution in [3.63, 3.8) is 0 Å². The SMILES string of the molecule is O=C(CN1CCC2(CCCC2)CC1)c1ccccc1F. The molecule has 1 heterocycles. The van der Waals surface area contributed by atoms with Crippen LogP contribution in [0.25, 0.3) is 0 Å². The monoisotopic (exact) mass is 275 g/mol. The average molecular weight is 275 g/mol. The first-order valence-corrected chi connectivity index (χ1v) is 7.69. The largest absolute Gasteiger partial charge is 0.296 e. The molecule has 3 heteroatoms. The fourth-order valence-electron chi connectivity index (χ4n) is 3.79. The Morgan fingerprint density at radius 1 is 1.10 bits per heavy atom. The van der Waals surface area contributed by atoms with E-state index in [1.807, 2.05) is 0 Å². The molecule has 0 radical (unpaired) electrons. The third-order valence-corrected chi connectivity index (χ3v) is 5.12. The van der Waals surface area contributed by atoms with E-state index in [1.54, 1.807) is 18.2 Å². The lowest BCUT2D eigenvalue weighted by atomic mass is 9.77. The van der Waals surface area contributed by atoms with Crippen LogP contribution in [0.2, 0.25) is 0 Å². The molecule has 0 unspecified atom stereocenters. The number of rotatable bonds is 3.